The minimum Gasteiger partial charge on any atom is -0.370 e. The van der Waals surface area contributed by atoms with Crippen molar-refractivity contribution in [1.29, 1.82) is 0 Å². The molecule has 0 atom stereocenters. The summed E-state index contributed by atoms with van der Waals surface area (Å²) >= 11 is 0. The zero-order valence-corrected chi connectivity index (χ0v) is 15.0. The molecule has 4 rings (SSSR count). The summed E-state index contributed by atoms with van der Waals surface area (Å²) in [6.07, 6.45) is 5.23. The molecule has 3 heterocycles. The van der Waals surface area contributed by atoms with Gasteiger partial charge >= 0.3 is 0 Å². The average molecular weight is 339 g/mol. The summed E-state index contributed by atoms with van der Waals surface area (Å²) in [7, 11) is 0. The molecule has 0 aromatic carbocycles. The van der Waals surface area contributed by atoms with E-state index >= 15 is 0 Å². The third kappa shape index (κ3) is 3.23. The van der Waals surface area contributed by atoms with E-state index in [0.29, 0.717) is 0 Å². The van der Waals surface area contributed by atoms with Crippen molar-refractivity contribution in [2.45, 2.75) is 33.1 Å². The Bertz CT molecular complexity index is 753. The molecule has 132 valence electrons. The minimum atomic E-state index is 0.808. The summed E-state index contributed by atoms with van der Waals surface area (Å²) in [5.74, 6) is 3.74. The molecule has 0 spiro atoms. The number of anilines is 3. The van der Waals surface area contributed by atoms with Crippen molar-refractivity contribution in [3.05, 3.63) is 29.3 Å². The lowest BCUT2D eigenvalue weighted by molar-refractivity contribution is 0.631. The van der Waals surface area contributed by atoms with Crippen molar-refractivity contribution in [3.63, 3.8) is 0 Å². The van der Waals surface area contributed by atoms with Gasteiger partial charge in [0.25, 0.3) is 0 Å². The van der Waals surface area contributed by atoms with Crippen LogP contribution in [0.15, 0.2) is 12.3 Å². The molecule has 1 aliphatic carbocycles. The fraction of sp³-hybridized carbons (Fsp3) is 0.556. The van der Waals surface area contributed by atoms with E-state index in [0.717, 1.165) is 69.0 Å². The molecule has 0 bridgehead atoms. The summed E-state index contributed by atoms with van der Waals surface area (Å²) in [5.41, 5.74) is 2.62. The molecule has 1 saturated heterocycles. The Balaban J connectivity index is 1.48. The summed E-state index contributed by atoms with van der Waals surface area (Å²) in [5, 5.41) is 3.25. The number of piperazine rings is 1. The van der Waals surface area contributed by atoms with Crippen molar-refractivity contribution < 1.29 is 0 Å². The molecule has 7 nitrogen and oxygen atoms in total. The van der Waals surface area contributed by atoms with Gasteiger partial charge in [-0.3, -0.25) is 0 Å². The Morgan fingerprint density at radius 2 is 1.84 bits per heavy atom. The van der Waals surface area contributed by atoms with Crippen LogP contribution in [-0.4, -0.2) is 52.7 Å². The summed E-state index contributed by atoms with van der Waals surface area (Å²) < 4.78 is 0. The maximum atomic E-state index is 4.76. The summed E-state index contributed by atoms with van der Waals surface area (Å²) in [6, 6.07) is 1.91. The first kappa shape index (κ1) is 16.1. The number of hydrogen-bond donors (Lipinski definition) is 1. The topological polar surface area (TPSA) is 70.1 Å². The summed E-state index contributed by atoms with van der Waals surface area (Å²) in [6.45, 7) is 8.64. The van der Waals surface area contributed by atoms with Gasteiger partial charge in [-0.15, -0.1) is 0 Å². The standard InChI is InChI=1S/C18H25N7/c1-3-19-16-7-8-20-18(23-16)25-11-9-24(10-12-25)17-14-5-4-6-15(14)21-13(2)22-17/h7-8H,3-6,9-12H2,1-2H3,(H,19,20,23). The van der Waals surface area contributed by atoms with Crippen molar-refractivity contribution in [3.8, 4) is 0 Å². The lowest BCUT2D eigenvalue weighted by Gasteiger charge is -2.36. The van der Waals surface area contributed by atoms with Gasteiger partial charge in [0.15, 0.2) is 0 Å². The van der Waals surface area contributed by atoms with Crippen LogP contribution in [0.5, 0.6) is 0 Å². The number of nitrogens with one attached hydrogen (secondary N) is 1. The van der Waals surface area contributed by atoms with Gasteiger partial charge in [-0.1, -0.05) is 0 Å². The van der Waals surface area contributed by atoms with Crippen LogP contribution in [0.3, 0.4) is 0 Å². The molecule has 25 heavy (non-hydrogen) atoms. The SMILES string of the molecule is CCNc1ccnc(N2CCN(c3nc(C)nc4c3CCC4)CC2)n1. The van der Waals surface area contributed by atoms with Crippen LogP contribution in [0.25, 0.3) is 0 Å². The molecule has 7 heteroatoms. The zero-order valence-electron chi connectivity index (χ0n) is 15.0. The normalized spacial score (nSPS) is 16.9. The molecule has 2 aromatic rings. The van der Waals surface area contributed by atoms with Gasteiger partial charge in [-0.2, -0.15) is 4.98 Å². The number of rotatable bonds is 4. The predicted molar refractivity (Wildman–Crippen MR) is 99.4 cm³/mol. The Kier molecular flexibility index (Phi) is 4.38. The fourth-order valence-electron chi connectivity index (χ4n) is 3.69. The second-order valence-electron chi connectivity index (χ2n) is 6.62. The van der Waals surface area contributed by atoms with E-state index in [1.807, 2.05) is 19.2 Å². The second-order valence-corrected chi connectivity index (χ2v) is 6.62. The second kappa shape index (κ2) is 6.82. The van der Waals surface area contributed by atoms with Crippen LogP contribution in [0.4, 0.5) is 17.6 Å². The summed E-state index contributed by atoms with van der Waals surface area (Å²) in [4.78, 5) is 23.1. The molecule has 0 radical (unpaired) electrons. The molecule has 1 aliphatic heterocycles. The number of aryl methyl sites for hydroxylation is 2. The van der Waals surface area contributed by atoms with Gasteiger partial charge in [0.2, 0.25) is 5.95 Å². The Labute approximate surface area is 148 Å². The van der Waals surface area contributed by atoms with Gasteiger partial charge in [0.05, 0.1) is 0 Å². The molecule has 0 saturated carbocycles. The number of aromatic nitrogens is 4. The largest absolute Gasteiger partial charge is 0.370 e. The average Bonchev–Trinajstić information content (AvgIpc) is 3.10. The Morgan fingerprint density at radius 1 is 1.04 bits per heavy atom. The van der Waals surface area contributed by atoms with Gasteiger partial charge in [-0.25, -0.2) is 15.0 Å². The minimum absolute atomic E-state index is 0.808. The van der Waals surface area contributed by atoms with E-state index in [4.69, 9.17) is 4.98 Å². The highest BCUT2D eigenvalue weighted by Gasteiger charge is 2.26. The molecule has 1 N–H and O–H groups in total. The maximum absolute atomic E-state index is 4.76. The van der Waals surface area contributed by atoms with Crippen molar-refractivity contribution in [2.75, 3.05) is 47.8 Å². The van der Waals surface area contributed by atoms with Gasteiger partial charge in [0, 0.05) is 50.2 Å². The van der Waals surface area contributed by atoms with Crippen LogP contribution in [0, 0.1) is 6.92 Å². The van der Waals surface area contributed by atoms with E-state index in [-0.39, 0.29) is 0 Å². The van der Waals surface area contributed by atoms with E-state index in [2.05, 4.69) is 37.0 Å². The number of nitrogens with zero attached hydrogens (tertiary/aromatic N) is 6. The number of fused-ring (bicyclic) bond motifs is 1. The van der Waals surface area contributed by atoms with Crippen LogP contribution < -0.4 is 15.1 Å². The smallest absolute Gasteiger partial charge is 0.227 e. The van der Waals surface area contributed by atoms with Crippen molar-refractivity contribution >= 4 is 17.6 Å². The monoisotopic (exact) mass is 339 g/mol. The van der Waals surface area contributed by atoms with Gasteiger partial charge in [-0.05, 0) is 39.2 Å². The van der Waals surface area contributed by atoms with Crippen LogP contribution >= 0.6 is 0 Å². The first-order valence-corrected chi connectivity index (χ1v) is 9.18. The number of hydrogen-bond acceptors (Lipinski definition) is 7. The van der Waals surface area contributed by atoms with Crippen molar-refractivity contribution in [1.82, 2.24) is 19.9 Å². The third-order valence-electron chi connectivity index (χ3n) is 4.89. The molecule has 2 aromatic heterocycles. The lowest BCUT2D eigenvalue weighted by atomic mass is 10.2. The molecule has 2 aliphatic rings. The first-order valence-electron chi connectivity index (χ1n) is 9.18. The van der Waals surface area contributed by atoms with E-state index in [9.17, 15) is 0 Å². The first-order chi connectivity index (χ1) is 12.2. The van der Waals surface area contributed by atoms with Crippen LogP contribution in [-0.2, 0) is 12.8 Å². The van der Waals surface area contributed by atoms with Crippen LogP contribution in [0.1, 0.15) is 30.4 Å². The fourth-order valence-corrected chi connectivity index (χ4v) is 3.69. The van der Waals surface area contributed by atoms with Gasteiger partial charge < -0.3 is 15.1 Å². The van der Waals surface area contributed by atoms with E-state index in [1.165, 1.54) is 17.7 Å². The highest BCUT2D eigenvalue weighted by molar-refractivity contribution is 5.53. The maximum Gasteiger partial charge on any atom is 0.227 e. The third-order valence-corrected chi connectivity index (χ3v) is 4.89. The Morgan fingerprint density at radius 3 is 2.64 bits per heavy atom. The molecule has 0 unspecified atom stereocenters. The molecule has 1 fully saturated rings. The van der Waals surface area contributed by atoms with Crippen LogP contribution in [0.2, 0.25) is 0 Å². The van der Waals surface area contributed by atoms with Crippen molar-refractivity contribution in [2.24, 2.45) is 0 Å². The molecular formula is C18H25N7. The lowest BCUT2D eigenvalue weighted by Crippen LogP contribution is -2.47. The van der Waals surface area contributed by atoms with E-state index < -0.39 is 0 Å². The highest BCUT2D eigenvalue weighted by atomic mass is 15.3. The Hall–Kier alpha value is -2.44. The molecule has 0 amide bonds. The van der Waals surface area contributed by atoms with Gasteiger partial charge in [0.1, 0.15) is 17.5 Å². The highest BCUT2D eigenvalue weighted by Crippen LogP contribution is 2.29. The molecular weight excluding hydrogens is 314 g/mol. The van der Waals surface area contributed by atoms with E-state index in [1.54, 1.807) is 0 Å². The quantitative estimate of drug-likeness (QED) is 0.911. The zero-order chi connectivity index (χ0) is 17.2. The predicted octanol–water partition coefficient (Wildman–Crippen LogP) is 1.82.